The molecule has 5 rings (SSSR count). The van der Waals surface area contributed by atoms with E-state index in [-0.39, 0.29) is 15.6 Å². The van der Waals surface area contributed by atoms with Crippen molar-refractivity contribution in [3.63, 3.8) is 0 Å². The van der Waals surface area contributed by atoms with Gasteiger partial charge in [0.05, 0.1) is 15.1 Å². The van der Waals surface area contributed by atoms with E-state index >= 15 is 0 Å². The third kappa shape index (κ3) is 2.60. The summed E-state index contributed by atoms with van der Waals surface area (Å²) in [5.74, 6) is 0.805. The predicted molar refractivity (Wildman–Crippen MR) is 105 cm³/mol. The maximum atomic E-state index is 13.1. The number of nitrogens with zero attached hydrogens (tertiary/aromatic N) is 5. The largest absolute Gasteiger partial charge is 0.355 e. The number of hydrogen-bond donors (Lipinski definition) is 0. The van der Waals surface area contributed by atoms with Gasteiger partial charge in [-0.1, -0.05) is 16.8 Å². The summed E-state index contributed by atoms with van der Waals surface area (Å²) < 4.78 is 28.7. The van der Waals surface area contributed by atoms with E-state index in [9.17, 15) is 8.42 Å². The Morgan fingerprint density at radius 2 is 1.81 bits per heavy atom. The minimum absolute atomic E-state index is 0.115. The van der Waals surface area contributed by atoms with E-state index in [0.29, 0.717) is 5.02 Å². The zero-order valence-corrected chi connectivity index (χ0v) is 16.4. The minimum Gasteiger partial charge on any atom is -0.355 e. The van der Waals surface area contributed by atoms with Gasteiger partial charge in [-0.05, 0) is 48.6 Å². The molecule has 7 nitrogen and oxygen atoms in total. The first-order valence-corrected chi connectivity index (χ1v) is 11.2. The first-order chi connectivity index (χ1) is 13.1. The van der Waals surface area contributed by atoms with E-state index in [1.54, 1.807) is 23.5 Å². The van der Waals surface area contributed by atoms with Crippen molar-refractivity contribution < 1.29 is 8.42 Å². The topological polar surface area (TPSA) is 80.5 Å². The van der Waals surface area contributed by atoms with Gasteiger partial charge in [-0.15, -0.1) is 16.4 Å². The molecule has 0 saturated carbocycles. The van der Waals surface area contributed by atoms with Crippen molar-refractivity contribution in [1.82, 2.24) is 19.8 Å². The summed E-state index contributed by atoms with van der Waals surface area (Å²) >= 11 is 7.46. The van der Waals surface area contributed by atoms with Crippen LogP contribution in [-0.4, -0.2) is 41.3 Å². The van der Waals surface area contributed by atoms with Gasteiger partial charge in [0.25, 0.3) is 0 Å². The molecule has 0 amide bonds. The van der Waals surface area contributed by atoms with Crippen molar-refractivity contribution in [3.8, 4) is 0 Å². The van der Waals surface area contributed by atoms with Crippen LogP contribution in [0, 0.1) is 0 Å². The highest BCUT2D eigenvalue weighted by atomic mass is 35.5. The van der Waals surface area contributed by atoms with Crippen LogP contribution in [0.3, 0.4) is 0 Å². The maximum absolute atomic E-state index is 13.1. The summed E-state index contributed by atoms with van der Waals surface area (Å²) in [4.78, 5) is 7.01. The SMILES string of the molecule is O=S(=O)(c1ccc(Cl)cc1)c1nnn2c1nc(N1CCCC1)c1sccc12. The molecule has 1 aliphatic rings. The minimum atomic E-state index is -3.86. The Balaban J connectivity index is 1.76. The molecule has 10 heteroatoms. The van der Waals surface area contributed by atoms with Gasteiger partial charge < -0.3 is 4.90 Å². The van der Waals surface area contributed by atoms with Gasteiger partial charge in [-0.2, -0.15) is 4.52 Å². The second kappa shape index (κ2) is 6.15. The van der Waals surface area contributed by atoms with E-state index in [2.05, 4.69) is 15.2 Å². The number of thiophene rings is 1. The molecule has 1 aromatic carbocycles. The summed E-state index contributed by atoms with van der Waals surface area (Å²) in [7, 11) is -3.86. The lowest BCUT2D eigenvalue weighted by Crippen LogP contribution is -2.19. The highest BCUT2D eigenvalue weighted by Crippen LogP contribution is 2.34. The lowest BCUT2D eigenvalue weighted by molar-refractivity contribution is 0.592. The number of hydrogen-bond acceptors (Lipinski definition) is 7. The fourth-order valence-electron chi connectivity index (χ4n) is 3.35. The van der Waals surface area contributed by atoms with Gasteiger partial charge in [0, 0.05) is 18.1 Å². The molecule has 4 heterocycles. The second-order valence-electron chi connectivity index (χ2n) is 6.35. The molecule has 27 heavy (non-hydrogen) atoms. The third-order valence-corrected chi connectivity index (χ3v) is 7.51. The normalized spacial score (nSPS) is 15.2. The highest BCUT2D eigenvalue weighted by Gasteiger charge is 2.28. The Kier molecular flexibility index (Phi) is 3.85. The molecule has 1 saturated heterocycles. The first kappa shape index (κ1) is 16.9. The summed E-state index contributed by atoms with van der Waals surface area (Å²) in [6.45, 7) is 1.83. The molecule has 0 atom stereocenters. The maximum Gasteiger partial charge on any atom is 0.229 e. The Hall–Kier alpha value is -2.23. The predicted octanol–water partition coefficient (Wildman–Crippen LogP) is 3.43. The molecular weight excluding hydrogens is 406 g/mol. The molecule has 3 aromatic heterocycles. The standard InChI is InChI=1S/C17H14ClN5O2S2/c18-11-3-5-12(6-4-11)27(24,25)17-16-19-15(22-8-1-2-9-22)14-13(7-10-26-14)23(16)21-20-17/h3-7,10H,1-2,8-9H2. The van der Waals surface area contributed by atoms with Crippen molar-refractivity contribution in [3.05, 3.63) is 40.7 Å². The van der Waals surface area contributed by atoms with Crippen LogP contribution >= 0.6 is 22.9 Å². The van der Waals surface area contributed by atoms with Crippen molar-refractivity contribution >= 4 is 54.5 Å². The molecule has 4 aromatic rings. The highest BCUT2D eigenvalue weighted by molar-refractivity contribution is 7.91. The van der Waals surface area contributed by atoms with E-state index < -0.39 is 9.84 Å². The van der Waals surface area contributed by atoms with Crippen LogP contribution in [0.4, 0.5) is 5.82 Å². The number of anilines is 1. The van der Waals surface area contributed by atoms with Crippen LogP contribution < -0.4 is 4.90 Å². The van der Waals surface area contributed by atoms with Crippen molar-refractivity contribution in [2.24, 2.45) is 0 Å². The summed E-state index contributed by atoms with van der Waals surface area (Å²) in [6.07, 6.45) is 2.21. The molecule has 1 aliphatic heterocycles. The molecular formula is C17H14ClN5O2S2. The van der Waals surface area contributed by atoms with Crippen LogP contribution in [0.25, 0.3) is 15.9 Å². The quantitative estimate of drug-likeness (QED) is 0.506. The average molecular weight is 420 g/mol. The number of aromatic nitrogens is 4. The summed E-state index contributed by atoms with van der Waals surface area (Å²) in [6, 6.07) is 7.93. The molecule has 138 valence electrons. The monoisotopic (exact) mass is 419 g/mol. The van der Waals surface area contributed by atoms with Crippen molar-refractivity contribution in [2.45, 2.75) is 22.8 Å². The second-order valence-corrected chi connectivity index (χ2v) is 9.57. The zero-order valence-electron chi connectivity index (χ0n) is 14.0. The Morgan fingerprint density at radius 1 is 1.07 bits per heavy atom. The van der Waals surface area contributed by atoms with Gasteiger partial charge >= 0.3 is 0 Å². The van der Waals surface area contributed by atoms with E-state index in [1.165, 1.54) is 16.6 Å². The number of rotatable bonds is 3. The van der Waals surface area contributed by atoms with Crippen LogP contribution in [-0.2, 0) is 9.84 Å². The van der Waals surface area contributed by atoms with E-state index in [0.717, 1.165) is 42.0 Å². The molecule has 0 spiro atoms. The van der Waals surface area contributed by atoms with Crippen LogP contribution in [0.5, 0.6) is 0 Å². The van der Waals surface area contributed by atoms with Crippen LogP contribution in [0.15, 0.2) is 45.6 Å². The smallest absolute Gasteiger partial charge is 0.229 e. The summed E-state index contributed by atoms with van der Waals surface area (Å²) in [5.41, 5.74) is 1.06. The van der Waals surface area contributed by atoms with Gasteiger partial charge in [0.1, 0.15) is 0 Å². The van der Waals surface area contributed by atoms with Crippen LogP contribution in [0.1, 0.15) is 12.8 Å². The van der Waals surface area contributed by atoms with E-state index in [1.807, 2.05) is 11.4 Å². The van der Waals surface area contributed by atoms with Gasteiger partial charge in [-0.3, -0.25) is 0 Å². The van der Waals surface area contributed by atoms with Crippen LogP contribution in [0.2, 0.25) is 5.02 Å². The molecule has 0 unspecified atom stereocenters. The lowest BCUT2D eigenvalue weighted by atomic mass is 10.4. The number of halogens is 1. The van der Waals surface area contributed by atoms with E-state index in [4.69, 9.17) is 16.6 Å². The molecule has 0 aliphatic carbocycles. The molecule has 0 N–H and O–H groups in total. The van der Waals surface area contributed by atoms with Gasteiger partial charge in [0.2, 0.25) is 14.9 Å². The molecule has 1 fully saturated rings. The van der Waals surface area contributed by atoms with Crippen molar-refractivity contribution in [1.29, 1.82) is 0 Å². The first-order valence-electron chi connectivity index (χ1n) is 8.44. The fourth-order valence-corrected chi connectivity index (χ4v) is 5.60. The lowest BCUT2D eigenvalue weighted by Gasteiger charge is -2.17. The Morgan fingerprint density at radius 3 is 2.56 bits per heavy atom. The average Bonchev–Trinajstić information content (AvgIpc) is 3.40. The van der Waals surface area contributed by atoms with Gasteiger partial charge in [-0.25, -0.2) is 13.4 Å². The molecule has 0 bridgehead atoms. The van der Waals surface area contributed by atoms with Gasteiger partial charge in [0.15, 0.2) is 11.5 Å². The fraction of sp³-hybridized carbons (Fsp3) is 0.235. The Bertz CT molecular complexity index is 1260. The molecule has 0 radical (unpaired) electrons. The Labute approximate surface area is 164 Å². The zero-order chi connectivity index (χ0) is 18.6. The van der Waals surface area contributed by atoms with Crippen molar-refractivity contribution in [2.75, 3.05) is 18.0 Å². The number of benzene rings is 1. The number of fused-ring (bicyclic) bond motifs is 3. The number of sulfone groups is 1. The third-order valence-electron chi connectivity index (χ3n) is 4.69. The summed E-state index contributed by atoms with van der Waals surface area (Å²) in [5, 5.41) is 10.3.